The molecule has 1 heterocycles. The average molecular weight is 291 g/mol. The molecule has 4 heteroatoms. The summed E-state index contributed by atoms with van der Waals surface area (Å²) in [7, 11) is 0. The van der Waals surface area contributed by atoms with E-state index in [1.807, 2.05) is 26.0 Å². The van der Waals surface area contributed by atoms with Crippen LogP contribution in [-0.2, 0) is 16.1 Å². The van der Waals surface area contributed by atoms with E-state index in [-0.39, 0.29) is 11.9 Å². The van der Waals surface area contributed by atoms with Crippen molar-refractivity contribution in [3.8, 4) is 5.75 Å². The van der Waals surface area contributed by atoms with Gasteiger partial charge in [-0.05, 0) is 50.9 Å². The average Bonchev–Trinajstić information content (AvgIpc) is 2.50. The van der Waals surface area contributed by atoms with E-state index < -0.39 is 0 Å². The first-order valence-electron chi connectivity index (χ1n) is 7.83. The van der Waals surface area contributed by atoms with Crippen LogP contribution >= 0.6 is 0 Å². The van der Waals surface area contributed by atoms with Crippen LogP contribution < -0.4 is 4.74 Å². The van der Waals surface area contributed by atoms with E-state index in [0.29, 0.717) is 13.2 Å². The highest BCUT2D eigenvalue weighted by atomic mass is 16.5. The number of nitrogens with zero attached hydrogens (tertiary/aromatic N) is 1. The number of rotatable bonds is 6. The number of likely N-dealkylation sites (tertiary alicyclic amines) is 1. The molecule has 21 heavy (non-hydrogen) atoms. The molecule has 0 spiro atoms. The topological polar surface area (TPSA) is 38.8 Å². The van der Waals surface area contributed by atoms with Crippen LogP contribution in [-0.4, -0.2) is 37.2 Å². The van der Waals surface area contributed by atoms with E-state index in [9.17, 15) is 4.79 Å². The molecule has 1 aromatic rings. The Morgan fingerprint density at radius 3 is 2.67 bits per heavy atom. The molecule has 1 atom stereocenters. The Morgan fingerprint density at radius 2 is 2.00 bits per heavy atom. The molecule has 0 unspecified atom stereocenters. The maximum Gasteiger partial charge on any atom is 0.310 e. The molecule has 1 aliphatic rings. The van der Waals surface area contributed by atoms with Crippen LogP contribution in [0, 0.1) is 5.92 Å². The van der Waals surface area contributed by atoms with Crippen LogP contribution in [0.15, 0.2) is 24.3 Å². The van der Waals surface area contributed by atoms with Gasteiger partial charge in [0.05, 0.1) is 19.1 Å². The second-order valence-electron chi connectivity index (χ2n) is 5.40. The quantitative estimate of drug-likeness (QED) is 0.756. The lowest BCUT2D eigenvalue weighted by atomic mass is 9.98. The molecule has 0 aliphatic carbocycles. The van der Waals surface area contributed by atoms with Crippen molar-refractivity contribution < 1.29 is 14.3 Å². The van der Waals surface area contributed by atoms with Gasteiger partial charge in [0, 0.05) is 13.1 Å². The van der Waals surface area contributed by atoms with Crippen LogP contribution in [0.1, 0.15) is 32.3 Å². The third-order valence-corrected chi connectivity index (χ3v) is 3.77. The largest absolute Gasteiger partial charge is 0.494 e. The fourth-order valence-corrected chi connectivity index (χ4v) is 2.77. The fraction of sp³-hybridized carbons (Fsp3) is 0.588. The van der Waals surface area contributed by atoms with Gasteiger partial charge in [-0.15, -0.1) is 0 Å². The van der Waals surface area contributed by atoms with Crippen molar-refractivity contribution in [2.24, 2.45) is 5.92 Å². The van der Waals surface area contributed by atoms with Crippen LogP contribution in [0.4, 0.5) is 0 Å². The van der Waals surface area contributed by atoms with Crippen molar-refractivity contribution in [3.63, 3.8) is 0 Å². The van der Waals surface area contributed by atoms with E-state index in [2.05, 4.69) is 17.0 Å². The second-order valence-corrected chi connectivity index (χ2v) is 5.40. The number of carbonyl (C=O) groups excluding carboxylic acids is 1. The van der Waals surface area contributed by atoms with Crippen LogP contribution in [0.5, 0.6) is 5.75 Å². The van der Waals surface area contributed by atoms with Gasteiger partial charge >= 0.3 is 5.97 Å². The molecular weight excluding hydrogens is 266 g/mol. The van der Waals surface area contributed by atoms with Gasteiger partial charge in [-0.25, -0.2) is 0 Å². The van der Waals surface area contributed by atoms with Crippen molar-refractivity contribution in [3.05, 3.63) is 29.8 Å². The third-order valence-electron chi connectivity index (χ3n) is 3.77. The zero-order valence-corrected chi connectivity index (χ0v) is 13.0. The summed E-state index contributed by atoms with van der Waals surface area (Å²) in [4.78, 5) is 14.2. The summed E-state index contributed by atoms with van der Waals surface area (Å²) in [6, 6.07) is 8.20. The minimum Gasteiger partial charge on any atom is -0.494 e. The molecule has 1 saturated heterocycles. The third kappa shape index (κ3) is 4.74. The molecule has 1 fully saturated rings. The van der Waals surface area contributed by atoms with Crippen molar-refractivity contribution in [2.45, 2.75) is 33.2 Å². The molecule has 0 saturated carbocycles. The number of piperidine rings is 1. The first-order chi connectivity index (χ1) is 10.2. The molecule has 116 valence electrons. The normalized spacial score (nSPS) is 19.2. The SMILES string of the molecule is CCOC(=O)[C@@H]1CCCN(Cc2ccc(OCC)cc2)C1. The maximum atomic E-state index is 11.8. The zero-order chi connectivity index (χ0) is 15.1. The summed E-state index contributed by atoms with van der Waals surface area (Å²) in [5, 5.41) is 0. The van der Waals surface area contributed by atoms with E-state index in [1.54, 1.807) is 0 Å². The van der Waals surface area contributed by atoms with E-state index in [0.717, 1.165) is 38.2 Å². The molecule has 0 aromatic heterocycles. The van der Waals surface area contributed by atoms with Crippen LogP contribution in [0.25, 0.3) is 0 Å². The number of carbonyl (C=O) groups is 1. The van der Waals surface area contributed by atoms with Gasteiger partial charge < -0.3 is 9.47 Å². The lowest BCUT2D eigenvalue weighted by Crippen LogP contribution is -2.38. The first kappa shape index (κ1) is 15.8. The van der Waals surface area contributed by atoms with Gasteiger partial charge in [-0.2, -0.15) is 0 Å². The highest BCUT2D eigenvalue weighted by molar-refractivity contribution is 5.72. The first-order valence-corrected chi connectivity index (χ1v) is 7.83. The van der Waals surface area contributed by atoms with E-state index in [4.69, 9.17) is 9.47 Å². The molecular formula is C17H25NO3. The standard InChI is InChI=1S/C17H25NO3/c1-3-20-16-9-7-14(8-10-16)12-18-11-5-6-15(13-18)17(19)21-4-2/h7-10,15H,3-6,11-13H2,1-2H3/t15-/m1/s1. The summed E-state index contributed by atoms with van der Waals surface area (Å²) in [6.45, 7) is 7.72. The molecule has 0 amide bonds. The highest BCUT2D eigenvalue weighted by Gasteiger charge is 2.26. The van der Waals surface area contributed by atoms with Gasteiger partial charge in [-0.3, -0.25) is 9.69 Å². The number of benzene rings is 1. The predicted molar refractivity (Wildman–Crippen MR) is 82.2 cm³/mol. The second kappa shape index (κ2) is 8.03. The van der Waals surface area contributed by atoms with Crippen molar-refractivity contribution in [1.82, 2.24) is 4.90 Å². The lowest BCUT2D eigenvalue weighted by Gasteiger charge is -2.31. The summed E-state index contributed by atoms with van der Waals surface area (Å²) in [5.41, 5.74) is 1.25. The van der Waals surface area contributed by atoms with Gasteiger partial charge in [0.15, 0.2) is 0 Å². The molecule has 0 N–H and O–H groups in total. The smallest absolute Gasteiger partial charge is 0.310 e. The number of esters is 1. The van der Waals surface area contributed by atoms with Crippen molar-refractivity contribution >= 4 is 5.97 Å². The molecule has 4 nitrogen and oxygen atoms in total. The fourth-order valence-electron chi connectivity index (χ4n) is 2.77. The van der Waals surface area contributed by atoms with Crippen LogP contribution in [0.3, 0.4) is 0 Å². The number of ether oxygens (including phenoxy) is 2. The summed E-state index contributed by atoms with van der Waals surface area (Å²) in [5.74, 6) is 0.889. The Kier molecular flexibility index (Phi) is 6.05. The Bertz CT molecular complexity index is 444. The Morgan fingerprint density at radius 1 is 1.24 bits per heavy atom. The number of hydrogen-bond donors (Lipinski definition) is 0. The summed E-state index contributed by atoms with van der Waals surface area (Å²) in [6.07, 6.45) is 2.00. The summed E-state index contributed by atoms with van der Waals surface area (Å²) >= 11 is 0. The molecule has 0 radical (unpaired) electrons. The Labute approximate surface area is 127 Å². The van der Waals surface area contributed by atoms with E-state index in [1.165, 1.54) is 5.56 Å². The minimum atomic E-state index is -0.0473. The Hall–Kier alpha value is -1.55. The number of hydrogen-bond acceptors (Lipinski definition) is 4. The minimum absolute atomic E-state index is 0.0291. The van der Waals surface area contributed by atoms with Crippen LogP contribution in [0.2, 0.25) is 0 Å². The monoisotopic (exact) mass is 291 g/mol. The highest BCUT2D eigenvalue weighted by Crippen LogP contribution is 2.21. The van der Waals surface area contributed by atoms with Crippen molar-refractivity contribution in [2.75, 3.05) is 26.3 Å². The molecule has 0 bridgehead atoms. The van der Waals surface area contributed by atoms with E-state index >= 15 is 0 Å². The maximum absolute atomic E-state index is 11.8. The summed E-state index contributed by atoms with van der Waals surface area (Å²) < 4.78 is 10.6. The zero-order valence-electron chi connectivity index (χ0n) is 13.0. The van der Waals surface area contributed by atoms with Gasteiger partial charge in [0.2, 0.25) is 0 Å². The predicted octanol–water partition coefficient (Wildman–Crippen LogP) is 2.86. The van der Waals surface area contributed by atoms with Gasteiger partial charge in [0.1, 0.15) is 5.75 Å². The molecule has 2 rings (SSSR count). The Balaban J connectivity index is 1.88. The van der Waals surface area contributed by atoms with Gasteiger partial charge in [-0.1, -0.05) is 12.1 Å². The molecule has 1 aliphatic heterocycles. The lowest BCUT2D eigenvalue weighted by molar-refractivity contribution is -0.150. The molecule has 1 aromatic carbocycles. The van der Waals surface area contributed by atoms with Gasteiger partial charge in [0.25, 0.3) is 0 Å². The van der Waals surface area contributed by atoms with Crippen molar-refractivity contribution in [1.29, 1.82) is 0 Å².